The summed E-state index contributed by atoms with van der Waals surface area (Å²) >= 11 is 0. The summed E-state index contributed by atoms with van der Waals surface area (Å²) in [6, 6.07) is 0. The summed E-state index contributed by atoms with van der Waals surface area (Å²) < 4.78 is 0. The molecule has 1 saturated heterocycles. The van der Waals surface area contributed by atoms with Crippen LogP contribution in [0.5, 0.6) is 0 Å². The van der Waals surface area contributed by atoms with Crippen LogP contribution in [0, 0.1) is 5.92 Å². The molecule has 1 aromatic rings. The Balaban J connectivity index is 1.59. The van der Waals surface area contributed by atoms with Gasteiger partial charge in [0.15, 0.2) is 11.5 Å². The summed E-state index contributed by atoms with van der Waals surface area (Å²) in [5.41, 5.74) is 0.0572. The second-order valence-corrected chi connectivity index (χ2v) is 5.97. The lowest BCUT2D eigenvalue weighted by Gasteiger charge is -2.36. The third-order valence-corrected chi connectivity index (χ3v) is 4.54. The first-order chi connectivity index (χ1) is 10.2. The molecule has 2 aliphatic rings. The van der Waals surface area contributed by atoms with Gasteiger partial charge in [-0.25, -0.2) is 14.8 Å². The van der Waals surface area contributed by atoms with Gasteiger partial charge in [-0.1, -0.05) is 12.8 Å². The molecule has 0 amide bonds. The van der Waals surface area contributed by atoms with Crippen LogP contribution < -0.4 is 4.90 Å². The van der Waals surface area contributed by atoms with Gasteiger partial charge in [-0.3, -0.25) is 4.90 Å². The van der Waals surface area contributed by atoms with Crippen molar-refractivity contribution in [2.24, 2.45) is 5.92 Å². The molecule has 1 saturated carbocycles. The van der Waals surface area contributed by atoms with Gasteiger partial charge in [0, 0.05) is 45.1 Å². The summed E-state index contributed by atoms with van der Waals surface area (Å²) in [6.45, 7) is 4.80. The van der Waals surface area contributed by atoms with Gasteiger partial charge in [-0.2, -0.15) is 0 Å². The maximum atomic E-state index is 11.2. The minimum Gasteiger partial charge on any atom is -0.476 e. The first-order valence-electron chi connectivity index (χ1n) is 7.75. The molecular weight excluding hydrogens is 268 g/mol. The van der Waals surface area contributed by atoms with E-state index in [2.05, 4.69) is 14.9 Å². The zero-order valence-electron chi connectivity index (χ0n) is 12.2. The van der Waals surface area contributed by atoms with Gasteiger partial charge in [0.1, 0.15) is 0 Å². The molecule has 1 N–H and O–H groups in total. The van der Waals surface area contributed by atoms with E-state index < -0.39 is 5.97 Å². The molecule has 3 rings (SSSR count). The second kappa shape index (κ2) is 6.39. The first kappa shape index (κ1) is 14.3. The fourth-order valence-corrected chi connectivity index (χ4v) is 3.41. The number of aromatic carboxylic acids is 1. The lowest BCUT2D eigenvalue weighted by molar-refractivity contribution is 0.0690. The van der Waals surface area contributed by atoms with Gasteiger partial charge in [0.2, 0.25) is 0 Å². The topological polar surface area (TPSA) is 69.6 Å². The zero-order valence-corrected chi connectivity index (χ0v) is 12.2. The number of hydrogen-bond acceptors (Lipinski definition) is 5. The molecule has 1 aliphatic carbocycles. The predicted octanol–water partition coefficient (Wildman–Crippen LogP) is 1.49. The third-order valence-electron chi connectivity index (χ3n) is 4.54. The van der Waals surface area contributed by atoms with Crippen LogP contribution in [-0.4, -0.2) is 58.7 Å². The average molecular weight is 290 g/mol. The molecule has 6 nitrogen and oxygen atoms in total. The van der Waals surface area contributed by atoms with E-state index in [1.807, 2.05) is 4.90 Å². The molecule has 0 aromatic carbocycles. The largest absolute Gasteiger partial charge is 0.476 e. The monoisotopic (exact) mass is 290 g/mol. The van der Waals surface area contributed by atoms with E-state index in [0.29, 0.717) is 5.82 Å². The standard InChI is InChI=1S/C15H22N4O2/c20-15(21)13-14(17-6-5-16-13)19-9-7-18(8-10-19)11-12-3-1-2-4-12/h5-6,12H,1-4,7-11H2,(H,20,21). The second-order valence-electron chi connectivity index (χ2n) is 5.97. The molecule has 0 spiro atoms. The minimum atomic E-state index is -1.01. The molecule has 6 heteroatoms. The Kier molecular flexibility index (Phi) is 4.34. The number of carboxylic acids is 1. The molecule has 2 heterocycles. The Morgan fingerprint density at radius 3 is 2.48 bits per heavy atom. The van der Waals surface area contributed by atoms with Crippen molar-refractivity contribution >= 4 is 11.8 Å². The number of anilines is 1. The quantitative estimate of drug-likeness (QED) is 0.906. The van der Waals surface area contributed by atoms with Gasteiger partial charge in [-0.05, 0) is 18.8 Å². The molecule has 2 fully saturated rings. The van der Waals surface area contributed by atoms with Gasteiger partial charge < -0.3 is 10.0 Å². The highest BCUT2D eigenvalue weighted by molar-refractivity contribution is 5.90. The van der Waals surface area contributed by atoms with Crippen molar-refractivity contribution in [1.29, 1.82) is 0 Å². The average Bonchev–Trinajstić information content (AvgIpc) is 3.01. The summed E-state index contributed by atoms with van der Waals surface area (Å²) in [5.74, 6) is 0.361. The molecule has 1 aliphatic heterocycles. The number of rotatable bonds is 4. The van der Waals surface area contributed by atoms with Crippen molar-refractivity contribution in [2.45, 2.75) is 25.7 Å². The minimum absolute atomic E-state index is 0.0572. The summed E-state index contributed by atoms with van der Waals surface area (Å²) in [6.07, 6.45) is 8.50. The summed E-state index contributed by atoms with van der Waals surface area (Å²) in [4.78, 5) is 23.9. The fourth-order valence-electron chi connectivity index (χ4n) is 3.41. The van der Waals surface area contributed by atoms with E-state index in [1.54, 1.807) is 6.20 Å². The maximum absolute atomic E-state index is 11.2. The molecule has 0 unspecified atom stereocenters. The van der Waals surface area contributed by atoms with Crippen molar-refractivity contribution in [3.8, 4) is 0 Å². The molecule has 1 aromatic heterocycles. The van der Waals surface area contributed by atoms with Crippen LogP contribution in [-0.2, 0) is 0 Å². The molecule has 21 heavy (non-hydrogen) atoms. The maximum Gasteiger partial charge on any atom is 0.358 e. The fraction of sp³-hybridized carbons (Fsp3) is 0.667. The van der Waals surface area contributed by atoms with Crippen LogP contribution in [0.2, 0.25) is 0 Å². The SMILES string of the molecule is O=C(O)c1nccnc1N1CCN(CC2CCCC2)CC1. The van der Waals surface area contributed by atoms with Crippen molar-refractivity contribution in [3.05, 3.63) is 18.1 Å². The highest BCUT2D eigenvalue weighted by atomic mass is 16.4. The van der Waals surface area contributed by atoms with E-state index in [9.17, 15) is 9.90 Å². The molecule has 0 bridgehead atoms. The Labute approximate surface area is 124 Å². The van der Waals surface area contributed by atoms with Crippen LogP contribution >= 0.6 is 0 Å². The van der Waals surface area contributed by atoms with Crippen LogP contribution in [0.4, 0.5) is 5.82 Å². The van der Waals surface area contributed by atoms with Crippen molar-refractivity contribution < 1.29 is 9.90 Å². The number of hydrogen-bond donors (Lipinski definition) is 1. The Morgan fingerprint density at radius 2 is 1.81 bits per heavy atom. The molecule has 114 valence electrons. The lowest BCUT2D eigenvalue weighted by Crippen LogP contribution is -2.48. The van der Waals surface area contributed by atoms with Gasteiger partial charge in [-0.15, -0.1) is 0 Å². The van der Waals surface area contributed by atoms with E-state index in [-0.39, 0.29) is 5.69 Å². The van der Waals surface area contributed by atoms with Crippen LogP contribution in [0.25, 0.3) is 0 Å². The highest BCUT2D eigenvalue weighted by Gasteiger charge is 2.25. The predicted molar refractivity (Wildman–Crippen MR) is 79.6 cm³/mol. The number of carbonyl (C=O) groups is 1. The Bertz CT molecular complexity index is 494. The summed E-state index contributed by atoms with van der Waals surface area (Å²) in [7, 11) is 0. The summed E-state index contributed by atoms with van der Waals surface area (Å²) in [5, 5.41) is 9.20. The van der Waals surface area contributed by atoms with E-state index in [1.165, 1.54) is 38.4 Å². The highest BCUT2D eigenvalue weighted by Crippen LogP contribution is 2.26. The smallest absolute Gasteiger partial charge is 0.358 e. The zero-order chi connectivity index (χ0) is 14.7. The van der Waals surface area contributed by atoms with E-state index in [0.717, 1.165) is 32.1 Å². The molecule has 0 radical (unpaired) electrons. The van der Waals surface area contributed by atoms with Gasteiger partial charge in [0.25, 0.3) is 0 Å². The van der Waals surface area contributed by atoms with Crippen molar-refractivity contribution in [3.63, 3.8) is 0 Å². The lowest BCUT2D eigenvalue weighted by atomic mass is 10.1. The third kappa shape index (κ3) is 3.32. The van der Waals surface area contributed by atoms with E-state index in [4.69, 9.17) is 0 Å². The Morgan fingerprint density at radius 1 is 1.14 bits per heavy atom. The van der Waals surface area contributed by atoms with Crippen LogP contribution in [0.15, 0.2) is 12.4 Å². The number of carboxylic acid groups (broad SMARTS) is 1. The normalized spacial score (nSPS) is 20.9. The molecule has 0 atom stereocenters. The van der Waals surface area contributed by atoms with Gasteiger partial charge in [0.05, 0.1) is 0 Å². The number of aromatic nitrogens is 2. The van der Waals surface area contributed by atoms with E-state index >= 15 is 0 Å². The first-order valence-corrected chi connectivity index (χ1v) is 7.75. The van der Waals surface area contributed by atoms with Crippen molar-refractivity contribution in [2.75, 3.05) is 37.6 Å². The van der Waals surface area contributed by atoms with Crippen molar-refractivity contribution in [1.82, 2.24) is 14.9 Å². The van der Waals surface area contributed by atoms with Gasteiger partial charge >= 0.3 is 5.97 Å². The molecular formula is C15H22N4O2. The van der Waals surface area contributed by atoms with Crippen LogP contribution in [0.3, 0.4) is 0 Å². The number of nitrogens with zero attached hydrogens (tertiary/aromatic N) is 4. The van der Waals surface area contributed by atoms with Crippen LogP contribution in [0.1, 0.15) is 36.2 Å². The Hall–Kier alpha value is -1.69. The number of piperazine rings is 1.